The molecule has 0 radical (unpaired) electrons. The molecule has 0 amide bonds. The molecule has 3 aliphatic rings. The molecule has 0 N–H and O–H groups in total. The number of fused-ring (bicyclic) bond motifs is 11. The van der Waals surface area contributed by atoms with Crippen LogP contribution in [0.3, 0.4) is 0 Å². The second-order valence-corrected chi connectivity index (χ2v) is 15.4. The van der Waals surface area contributed by atoms with Crippen LogP contribution in [0.5, 0.6) is 0 Å². The summed E-state index contributed by atoms with van der Waals surface area (Å²) in [6, 6.07) is -16.0. The molecule has 3 aliphatic heterocycles. The molecule has 12 rings (SSSR count). The number of benzene rings is 7. The lowest BCUT2D eigenvalue weighted by molar-refractivity contribution is 0.590. The third-order valence-electron chi connectivity index (χ3n) is 10.2. The van der Waals surface area contributed by atoms with E-state index in [1.165, 1.54) is 21.3 Å². The van der Waals surface area contributed by atoms with Gasteiger partial charge in [0.25, 0.3) is 6.71 Å². The van der Waals surface area contributed by atoms with E-state index in [2.05, 4.69) is 0 Å². The molecule has 2 aromatic heterocycles. The van der Waals surface area contributed by atoms with Gasteiger partial charge in [-0.05, 0) is 99.9 Å². The van der Waals surface area contributed by atoms with Gasteiger partial charge in [-0.2, -0.15) is 0 Å². The highest BCUT2D eigenvalue weighted by Crippen LogP contribution is 2.53. The Morgan fingerprint density at radius 2 is 1.31 bits per heavy atom. The van der Waals surface area contributed by atoms with Crippen LogP contribution in [0.4, 0.5) is 34.1 Å². The van der Waals surface area contributed by atoms with Crippen LogP contribution in [-0.2, 0) is 5.41 Å². The van der Waals surface area contributed by atoms with E-state index in [1.807, 2.05) is 0 Å². The number of rotatable bonds is 2. The van der Waals surface area contributed by atoms with Gasteiger partial charge in [-0.3, -0.25) is 0 Å². The fourth-order valence-electron chi connectivity index (χ4n) is 7.91. The standard InChI is InChI=1S/C49H36BN3S/c1-29-26-41-44-42(27-29)53-39-18-10-15-35-34-14-8-9-17-38(34)52(45(35)39)40-19-11-16-37(47(40)53)50(44)48-46(51(41)33-23-21-32(22-24-33)49(2,3)4)36-28-31(20-25-43(36)54-48)30-12-6-5-7-13-30/h5-28H,1-4H3/i5D,6D,7D,8D,9D,10D,11D,12D,13D,14D,15D,16D,17D,18D,19D,20D,21D,22D,23D,24D,25D,26D,27D,28D. The molecular formula is C49H36BN3S. The Labute approximate surface area is 353 Å². The summed E-state index contributed by atoms with van der Waals surface area (Å²) in [4.78, 5) is 2.47. The van der Waals surface area contributed by atoms with E-state index >= 15 is 0 Å². The van der Waals surface area contributed by atoms with Gasteiger partial charge in [0.05, 0.1) is 66.7 Å². The van der Waals surface area contributed by atoms with E-state index in [4.69, 9.17) is 11.0 Å². The van der Waals surface area contributed by atoms with Gasteiger partial charge in [0, 0.05) is 42.7 Å². The number of nitrogens with zero attached hydrogens (tertiary/aromatic N) is 3. The SMILES string of the molecule is [2H]c1c([2H])c([2H])c(-c2c([2H])c([2H])c3sc4c(c3c2[2H])N(c2c([2H])c([2H])c(C(C)(C)C)c([2H])c2[2H])c2c([2H])c(C)c([2H])c3c2B4c2c([2H])c([2H])c([2H])c4c2N3c2c([2H])c([2H])c([2H])c3c5c([2H])c([2H])c([2H])c([2H])c5n-4c23)c([2H])c1[2H]. The van der Waals surface area contributed by atoms with Crippen molar-refractivity contribution in [1.82, 2.24) is 4.57 Å². The Bertz CT molecular complexity index is 4410. The zero-order valence-electron chi connectivity index (χ0n) is 52.8. The Hall–Kier alpha value is -6.04. The lowest BCUT2D eigenvalue weighted by atomic mass is 9.36. The van der Waals surface area contributed by atoms with Gasteiger partial charge in [-0.1, -0.05) is 111 Å². The molecule has 0 fully saturated rings. The Morgan fingerprint density at radius 3 is 2.13 bits per heavy atom. The molecule has 0 aliphatic carbocycles. The van der Waals surface area contributed by atoms with Crippen molar-refractivity contribution in [1.29, 1.82) is 0 Å². The van der Waals surface area contributed by atoms with Gasteiger partial charge in [0.1, 0.15) is 0 Å². The van der Waals surface area contributed by atoms with Crippen molar-refractivity contribution < 1.29 is 32.9 Å². The van der Waals surface area contributed by atoms with Crippen molar-refractivity contribution >= 4 is 99.8 Å². The average Bonchev–Trinajstić information content (AvgIpc) is 2.55. The first-order valence-corrected chi connectivity index (χ1v) is 17.9. The first kappa shape index (κ1) is 15.4. The molecule has 0 atom stereocenters. The molecule has 0 unspecified atom stereocenters. The van der Waals surface area contributed by atoms with Gasteiger partial charge in [-0.25, -0.2) is 0 Å². The zero-order chi connectivity index (χ0) is 56.9. The molecule has 9 aromatic rings. The highest BCUT2D eigenvalue weighted by atomic mass is 32.1. The molecule has 5 heterocycles. The molecule has 3 nitrogen and oxygen atoms in total. The first-order chi connectivity index (χ1) is 36.4. The Morgan fingerprint density at radius 1 is 0.593 bits per heavy atom. The molecule has 54 heavy (non-hydrogen) atoms. The summed E-state index contributed by atoms with van der Waals surface area (Å²) in [7, 11) is 0. The van der Waals surface area contributed by atoms with Crippen LogP contribution in [0.2, 0.25) is 0 Å². The van der Waals surface area contributed by atoms with Gasteiger partial charge >= 0.3 is 0 Å². The van der Waals surface area contributed by atoms with E-state index in [0.717, 1.165) is 11.3 Å². The summed E-state index contributed by atoms with van der Waals surface area (Å²) >= 11 is 0.757. The smallest absolute Gasteiger partial charge is 0.264 e. The topological polar surface area (TPSA) is 11.4 Å². The van der Waals surface area contributed by atoms with E-state index in [1.54, 1.807) is 20.8 Å². The van der Waals surface area contributed by atoms with Crippen LogP contribution < -0.4 is 25.5 Å². The molecule has 7 aromatic carbocycles. The monoisotopic (exact) mass is 733 g/mol. The largest absolute Gasteiger partial charge is 0.310 e. The lowest BCUT2D eigenvalue weighted by Crippen LogP contribution is -2.61. The molecular weight excluding hydrogens is 673 g/mol. The van der Waals surface area contributed by atoms with Crippen molar-refractivity contribution in [2.45, 2.75) is 33.1 Å². The maximum absolute atomic E-state index is 10.1. The van der Waals surface area contributed by atoms with Gasteiger partial charge in [-0.15, -0.1) is 11.3 Å². The highest BCUT2D eigenvalue weighted by molar-refractivity contribution is 7.33. The summed E-state index contributed by atoms with van der Waals surface area (Å²) in [5, 5.41) is -0.780. The van der Waals surface area contributed by atoms with Crippen molar-refractivity contribution in [3.05, 3.63) is 156 Å². The van der Waals surface area contributed by atoms with E-state index in [0.29, 0.717) is 0 Å². The van der Waals surface area contributed by atoms with Gasteiger partial charge in [0.2, 0.25) is 0 Å². The minimum absolute atomic E-state index is 0.00487. The Kier molecular flexibility index (Phi) is 3.00. The second-order valence-electron chi connectivity index (χ2n) is 14.3. The van der Waals surface area contributed by atoms with Crippen molar-refractivity contribution in [2.75, 3.05) is 9.80 Å². The first-order valence-electron chi connectivity index (χ1n) is 29.0. The van der Waals surface area contributed by atoms with Crippen LogP contribution >= 0.6 is 11.3 Å². The summed E-state index contributed by atoms with van der Waals surface area (Å²) in [5.74, 6) is 0. The number of hydrogen-bond donors (Lipinski definition) is 0. The van der Waals surface area contributed by atoms with Crippen LogP contribution in [0, 0.1) is 6.92 Å². The molecule has 256 valence electrons. The molecule has 0 saturated heterocycles. The number of thiophene rings is 1. The number of hydrogen-bond acceptors (Lipinski definition) is 3. The van der Waals surface area contributed by atoms with E-state index in [-0.39, 0.29) is 92.8 Å². The molecule has 0 saturated carbocycles. The predicted molar refractivity (Wildman–Crippen MR) is 233 cm³/mol. The molecule has 5 heteroatoms. The summed E-state index contributed by atoms with van der Waals surface area (Å²) in [6.07, 6.45) is 0. The van der Waals surface area contributed by atoms with Crippen LogP contribution in [0.25, 0.3) is 48.7 Å². The molecule has 0 spiro atoms. The number of para-hydroxylation sites is 3. The fraction of sp³-hybridized carbons (Fsp3) is 0.102. The average molecular weight is 734 g/mol. The van der Waals surface area contributed by atoms with Crippen molar-refractivity contribution in [3.8, 4) is 16.8 Å². The maximum atomic E-state index is 10.1. The van der Waals surface area contributed by atoms with E-state index in [9.17, 15) is 21.9 Å². The minimum Gasteiger partial charge on any atom is -0.310 e. The molecule has 0 bridgehead atoms. The third kappa shape index (κ3) is 3.92. The summed E-state index contributed by atoms with van der Waals surface area (Å²) < 4.78 is 225. The minimum atomic E-state index is -1.54. The van der Waals surface area contributed by atoms with Gasteiger partial charge in [0.15, 0.2) is 0 Å². The number of aromatic nitrogens is 1. The predicted octanol–water partition coefficient (Wildman–Crippen LogP) is 11.7. The zero-order valence-corrected chi connectivity index (χ0v) is 29.6. The Balaban J connectivity index is 1.37. The number of anilines is 6. The van der Waals surface area contributed by atoms with Crippen LogP contribution in [0.15, 0.2) is 145 Å². The van der Waals surface area contributed by atoms with E-state index < -0.39 is 174 Å². The second kappa shape index (κ2) is 10.6. The van der Waals surface area contributed by atoms with Crippen LogP contribution in [0.1, 0.15) is 64.8 Å². The van der Waals surface area contributed by atoms with Crippen molar-refractivity contribution in [2.24, 2.45) is 0 Å². The summed E-state index contributed by atoms with van der Waals surface area (Å²) in [5.41, 5.74) is -5.01. The summed E-state index contributed by atoms with van der Waals surface area (Å²) in [6.45, 7) is 4.92. The highest BCUT2D eigenvalue weighted by Gasteiger charge is 2.47. The normalized spacial score (nSPS) is 20.0. The third-order valence-corrected chi connectivity index (χ3v) is 11.3. The fourth-order valence-corrected chi connectivity index (χ4v) is 9.12. The quantitative estimate of drug-likeness (QED) is 0.164. The lowest BCUT2D eigenvalue weighted by Gasteiger charge is -2.45. The van der Waals surface area contributed by atoms with Crippen molar-refractivity contribution in [3.63, 3.8) is 0 Å². The van der Waals surface area contributed by atoms with Crippen LogP contribution in [-0.4, -0.2) is 11.3 Å². The maximum Gasteiger partial charge on any atom is 0.264 e. The van der Waals surface area contributed by atoms with Gasteiger partial charge < -0.3 is 14.4 Å².